The number of nitro groups is 1. The molecule has 0 spiro atoms. The standard InChI is InChI=1S/C16H13F3N4O4S/c1-26-14-6-9(8-21-22-15(20)28)2-4-13(14)27-12-5-3-10(16(17,18)19)7-11(12)23(24)25/h2-8H,1H3,(H3,20,22,28). The molecule has 0 radical (unpaired) electrons. The first kappa shape index (κ1) is 20.9. The van der Waals surface area contributed by atoms with Crippen molar-refractivity contribution in [2.45, 2.75) is 6.18 Å². The molecule has 8 nitrogen and oxygen atoms in total. The topological polar surface area (TPSA) is 112 Å². The third-order valence-corrected chi connectivity index (χ3v) is 3.37. The Hall–Kier alpha value is -3.41. The second-order valence-electron chi connectivity index (χ2n) is 5.18. The summed E-state index contributed by atoms with van der Waals surface area (Å²) < 4.78 is 48.9. The molecule has 0 aliphatic carbocycles. The molecular formula is C16H13F3N4O4S. The SMILES string of the molecule is COc1cc(C=NNC(N)=S)ccc1Oc1ccc(C(F)(F)F)cc1[N+](=O)[O-]. The number of hydrogen-bond acceptors (Lipinski definition) is 6. The zero-order valence-corrected chi connectivity index (χ0v) is 15.0. The summed E-state index contributed by atoms with van der Waals surface area (Å²) in [5.41, 5.74) is 6.16. The molecule has 3 N–H and O–H groups in total. The predicted molar refractivity (Wildman–Crippen MR) is 98.7 cm³/mol. The highest BCUT2D eigenvalue weighted by Crippen LogP contribution is 2.40. The number of thiocarbonyl (C=S) groups is 1. The predicted octanol–water partition coefficient (Wildman–Crippen LogP) is 3.58. The van der Waals surface area contributed by atoms with E-state index in [1.54, 1.807) is 6.07 Å². The number of halogens is 3. The average Bonchev–Trinajstić information content (AvgIpc) is 2.61. The molecule has 2 aromatic rings. The molecule has 0 unspecified atom stereocenters. The van der Waals surface area contributed by atoms with Gasteiger partial charge in [0.15, 0.2) is 16.6 Å². The number of nitrogens with zero attached hydrogens (tertiary/aromatic N) is 2. The van der Waals surface area contributed by atoms with Crippen molar-refractivity contribution >= 4 is 29.2 Å². The first-order chi connectivity index (χ1) is 13.1. The van der Waals surface area contributed by atoms with Crippen molar-refractivity contribution in [3.8, 4) is 17.2 Å². The zero-order chi connectivity index (χ0) is 20.9. The number of methoxy groups -OCH3 is 1. The molecule has 0 fully saturated rings. The van der Waals surface area contributed by atoms with Gasteiger partial charge >= 0.3 is 11.9 Å². The van der Waals surface area contributed by atoms with E-state index in [1.807, 2.05) is 0 Å². The fourth-order valence-corrected chi connectivity index (χ4v) is 2.11. The molecule has 148 valence electrons. The van der Waals surface area contributed by atoms with E-state index in [2.05, 4.69) is 22.7 Å². The van der Waals surface area contributed by atoms with E-state index in [0.29, 0.717) is 17.7 Å². The molecule has 0 bridgehead atoms. The molecule has 0 aliphatic rings. The van der Waals surface area contributed by atoms with Crippen LogP contribution in [0.25, 0.3) is 0 Å². The Balaban J connectivity index is 2.35. The van der Waals surface area contributed by atoms with Crippen LogP contribution in [-0.4, -0.2) is 23.4 Å². The first-order valence-corrected chi connectivity index (χ1v) is 7.82. The van der Waals surface area contributed by atoms with Crippen molar-refractivity contribution in [1.29, 1.82) is 0 Å². The number of hydrogen-bond donors (Lipinski definition) is 2. The quantitative estimate of drug-likeness (QED) is 0.322. The van der Waals surface area contributed by atoms with Gasteiger partial charge < -0.3 is 15.2 Å². The fraction of sp³-hybridized carbons (Fsp3) is 0.125. The van der Waals surface area contributed by atoms with Crippen molar-refractivity contribution < 1.29 is 27.6 Å². The molecule has 0 heterocycles. The molecule has 0 saturated heterocycles. The van der Waals surface area contributed by atoms with E-state index in [4.69, 9.17) is 15.2 Å². The lowest BCUT2D eigenvalue weighted by Gasteiger charge is -2.12. The number of hydrazone groups is 1. The zero-order valence-electron chi connectivity index (χ0n) is 14.2. The Morgan fingerprint density at radius 2 is 1.93 bits per heavy atom. The number of nitro benzene ring substituents is 1. The van der Waals surface area contributed by atoms with Crippen molar-refractivity contribution in [3.05, 3.63) is 57.6 Å². The lowest BCUT2D eigenvalue weighted by Crippen LogP contribution is -2.23. The summed E-state index contributed by atoms with van der Waals surface area (Å²) in [4.78, 5) is 10.2. The highest BCUT2D eigenvalue weighted by Gasteiger charge is 2.33. The van der Waals surface area contributed by atoms with E-state index in [9.17, 15) is 23.3 Å². The maximum Gasteiger partial charge on any atom is 0.416 e. The van der Waals surface area contributed by atoms with E-state index in [0.717, 1.165) is 6.07 Å². The molecule has 28 heavy (non-hydrogen) atoms. The largest absolute Gasteiger partial charge is 0.493 e. The van der Waals surface area contributed by atoms with Crippen molar-refractivity contribution in [3.63, 3.8) is 0 Å². The van der Waals surface area contributed by atoms with Gasteiger partial charge in [0.2, 0.25) is 5.75 Å². The van der Waals surface area contributed by atoms with Gasteiger partial charge in [-0.15, -0.1) is 0 Å². The summed E-state index contributed by atoms with van der Waals surface area (Å²) >= 11 is 4.60. The minimum atomic E-state index is -4.72. The minimum absolute atomic E-state index is 0.0298. The third kappa shape index (κ3) is 5.30. The summed E-state index contributed by atoms with van der Waals surface area (Å²) in [7, 11) is 1.33. The number of nitrogens with one attached hydrogen (secondary N) is 1. The van der Waals surface area contributed by atoms with E-state index < -0.39 is 22.4 Å². The van der Waals surface area contributed by atoms with Crippen LogP contribution >= 0.6 is 12.2 Å². The number of alkyl halides is 3. The van der Waals surface area contributed by atoms with E-state index in [-0.39, 0.29) is 22.4 Å². The fourth-order valence-electron chi connectivity index (χ4n) is 2.06. The van der Waals surface area contributed by atoms with Crippen LogP contribution in [0.5, 0.6) is 17.2 Å². The van der Waals surface area contributed by atoms with Crippen LogP contribution in [0.15, 0.2) is 41.5 Å². The number of nitrogens with two attached hydrogens (primary N) is 1. The van der Waals surface area contributed by atoms with Crippen LogP contribution in [0.4, 0.5) is 18.9 Å². The molecule has 2 aromatic carbocycles. The van der Waals surface area contributed by atoms with Gasteiger partial charge in [0.1, 0.15) is 0 Å². The molecular weight excluding hydrogens is 401 g/mol. The Morgan fingerprint density at radius 3 is 2.50 bits per heavy atom. The highest BCUT2D eigenvalue weighted by atomic mass is 32.1. The van der Waals surface area contributed by atoms with E-state index >= 15 is 0 Å². The number of benzene rings is 2. The summed E-state index contributed by atoms with van der Waals surface area (Å²) in [5.74, 6) is -0.133. The normalized spacial score (nSPS) is 11.3. The second kappa shape index (κ2) is 8.52. The van der Waals surface area contributed by atoms with Crippen molar-refractivity contribution in [2.75, 3.05) is 7.11 Å². The van der Waals surface area contributed by atoms with Gasteiger partial charge in [0, 0.05) is 6.07 Å². The second-order valence-corrected chi connectivity index (χ2v) is 5.62. The number of ether oxygens (including phenoxy) is 2. The molecule has 2 rings (SSSR count). The van der Waals surface area contributed by atoms with Crippen LogP contribution in [0.1, 0.15) is 11.1 Å². The molecule has 0 amide bonds. The molecule has 0 atom stereocenters. The van der Waals surface area contributed by atoms with Crippen LogP contribution in [0.2, 0.25) is 0 Å². The molecule has 0 saturated carbocycles. The smallest absolute Gasteiger partial charge is 0.416 e. The summed E-state index contributed by atoms with van der Waals surface area (Å²) in [6.07, 6.45) is -3.34. The summed E-state index contributed by atoms with van der Waals surface area (Å²) in [6, 6.07) is 6.43. The van der Waals surface area contributed by atoms with Gasteiger partial charge in [-0.05, 0) is 48.1 Å². The van der Waals surface area contributed by atoms with Gasteiger partial charge in [-0.3, -0.25) is 15.5 Å². The lowest BCUT2D eigenvalue weighted by molar-refractivity contribution is -0.385. The Morgan fingerprint density at radius 1 is 1.25 bits per heavy atom. The van der Waals surface area contributed by atoms with Gasteiger partial charge in [0.05, 0.1) is 23.8 Å². The number of rotatable bonds is 6. The minimum Gasteiger partial charge on any atom is -0.493 e. The third-order valence-electron chi connectivity index (χ3n) is 3.28. The molecule has 0 aromatic heterocycles. The van der Waals surface area contributed by atoms with Gasteiger partial charge in [0.25, 0.3) is 0 Å². The van der Waals surface area contributed by atoms with Crippen molar-refractivity contribution in [2.24, 2.45) is 10.8 Å². The van der Waals surface area contributed by atoms with E-state index in [1.165, 1.54) is 25.5 Å². The lowest BCUT2D eigenvalue weighted by atomic mass is 10.1. The van der Waals surface area contributed by atoms with Crippen LogP contribution < -0.4 is 20.6 Å². The van der Waals surface area contributed by atoms with Crippen LogP contribution in [-0.2, 0) is 6.18 Å². The monoisotopic (exact) mass is 414 g/mol. The molecule has 12 heteroatoms. The van der Waals surface area contributed by atoms with Gasteiger partial charge in [-0.25, -0.2) is 0 Å². The summed E-state index contributed by atoms with van der Waals surface area (Å²) in [5, 5.41) is 14.9. The average molecular weight is 414 g/mol. The Kier molecular flexibility index (Phi) is 6.36. The first-order valence-electron chi connectivity index (χ1n) is 7.42. The van der Waals surface area contributed by atoms with Crippen LogP contribution in [0.3, 0.4) is 0 Å². The summed E-state index contributed by atoms with van der Waals surface area (Å²) in [6.45, 7) is 0. The maximum atomic E-state index is 12.8. The maximum absolute atomic E-state index is 12.8. The highest BCUT2D eigenvalue weighted by molar-refractivity contribution is 7.80. The Bertz CT molecular complexity index is 935. The van der Waals surface area contributed by atoms with Gasteiger partial charge in [-0.1, -0.05) is 0 Å². The van der Waals surface area contributed by atoms with Crippen molar-refractivity contribution in [1.82, 2.24) is 5.43 Å². The molecule has 0 aliphatic heterocycles. The van der Waals surface area contributed by atoms with Gasteiger partial charge in [-0.2, -0.15) is 18.3 Å². The van der Waals surface area contributed by atoms with Crippen LogP contribution in [0, 0.1) is 10.1 Å². The Labute approximate surface area is 161 Å².